The molecule has 0 aliphatic rings. The summed E-state index contributed by atoms with van der Waals surface area (Å²) in [7, 11) is 0. The second kappa shape index (κ2) is 5.30. The van der Waals surface area contributed by atoms with E-state index in [-0.39, 0.29) is 6.10 Å². The van der Waals surface area contributed by atoms with Crippen LogP contribution in [0.4, 0.5) is 0 Å². The molecular formula is C9H15NOS. The van der Waals surface area contributed by atoms with E-state index in [0.717, 1.165) is 17.8 Å². The number of thiophene rings is 1. The van der Waals surface area contributed by atoms with Crippen LogP contribution in [0.15, 0.2) is 17.5 Å². The largest absolute Gasteiger partial charge is 0.386 e. The fourth-order valence-electron chi connectivity index (χ4n) is 0.997. The third-order valence-corrected chi connectivity index (χ3v) is 2.61. The predicted molar refractivity (Wildman–Crippen MR) is 52.4 cm³/mol. The fourth-order valence-corrected chi connectivity index (χ4v) is 1.71. The molecule has 0 unspecified atom stereocenters. The molecule has 1 aromatic rings. The summed E-state index contributed by atoms with van der Waals surface area (Å²) in [5.41, 5.74) is 0. The van der Waals surface area contributed by atoms with Crippen molar-refractivity contribution in [3.8, 4) is 0 Å². The highest BCUT2D eigenvalue weighted by Crippen LogP contribution is 2.17. The van der Waals surface area contributed by atoms with E-state index in [2.05, 4.69) is 12.2 Å². The van der Waals surface area contributed by atoms with Gasteiger partial charge in [0.25, 0.3) is 0 Å². The van der Waals surface area contributed by atoms with Crippen molar-refractivity contribution in [3.63, 3.8) is 0 Å². The molecule has 0 aliphatic carbocycles. The molecule has 0 saturated heterocycles. The Labute approximate surface area is 77.2 Å². The Morgan fingerprint density at radius 3 is 3.08 bits per heavy atom. The molecule has 0 aromatic carbocycles. The van der Waals surface area contributed by atoms with Gasteiger partial charge in [-0.2, -0.15) is 0 Å². The van der Waals surface area contributed by atoms with Crippen molar-refractivity contribution in [2.45, 2.75) is 19.4 Å². The van der Waals surface area contributed by atoms with E-state index in [1.165, 1.54) is 0 Å². The maximum Gasteiger partial charge on any atom is 0.101 e. The third kappa shape index (κ3) is 2.93. The minimum absolute atomic E-state index is 0.337. The van der Waals surface area contributed by atoms with Gasteiger partial charge in [-0.05, 0) is 24.4 Å². The van der Waals surface area contributed by atoms with E-state index >= 15 is 0 Å². The normalized spacial score (nSPS) is 13.2. The molecule has 0 fully saturated rings. The lowest BCUT2D eigenvalue weighted by molar-refractivity contribution is 0.178. The first kappa shape index (κ1) is 9.71. The van der Waals surface area contributed by atoms with Gasteiger partial charge in [-0.3, -0.25) is 0 Å². The Morgan fingerprint density at radius 2 is 2.50 bits per heavy atom. The van der Waals surface area contributed by atoms with Crippen LogP contribution in [0.2, 0.25) is 0 Å². The summed E-state index contributed by atoms with van der Waals surface area (Å²) in [4.78, 5) is 1.04. The third-order valence-electron chi connectivity index (χ3n) is 1.64. The Kier molecular flexibility index (Phi) is 4.29. The van der Waals surface area contributed by atoms with Crippen LogP contribution in [-0.4, -0.2) is 18.2 Å². The molecule has 0 radical (unpaired) electrons. The second-order valence-electron chi connectivity index (χ2n) is 2.74. The zero-order valence-corrected chi connectivity index (χ0v) is 8.10. The standard InChI is InChI=1S/C9H15NOS/c1-2-5-10-7-8(11)9-4-3-6-12-9/h3-4,6,8,10-11H,2,5,7H2,1H3/t8-/m0/s1. The highest BCUT2D eigenvalue weighted by Gasteiger charge is 2.06. The Bertz CT molecular complexity index is 198. The van der Waals surface area contributed by atoms with Crippen LogP contribution >= 0.6 is 11.3 Å². The lowest BCUT2D eigenvalue weighted by atomic mass is 10.3. The average Bonchev–Trinajstić information content (AvgIpc) is 2.56. The topological polar surface area (TPSA) is 32.3 Å². The zero-order valence-electron chi connectivity index (χ0n) is 7.29. The van der Waals surface area contributed by atoms with E-state index < -0.39 is 0 Å². The van der Waals surface area contributed by atoms with Crippen molar-refractivity contribution < 1.29 is 5.11 Å². The van der Waals surface area contributed by atoms with Gasteiger partial charge in [0.2, 0.25) is 0 Å². The maximum atomic E-state index is 9.58. The van der Waals surface area contributed by atoms with Crippen molar-refractivity contribution in [1.29, 1.82) is 0 Å². The van der Waals surface area contributed by atoms with E-state index in [4.69, 9.17) is 0 Å². The molecular weight excluding hydrogens is 170 g/mol. The Balaban J connectivity index is 2.25. The monoisotopic (exact) mass is 185 g/mol. The summed E-state index contributed by atoms with van der Waals surface area (Å²) in [6.45, 7) is 3.75. The molecule has 0 spiro atoms. The SMILES string of the molecule is CCCNC[C@H](O)c1cccs1. The van der Waals surface area contributed by atoms with E-state index in [1.54, 1.807) is 11.3 Å². The number of hydrogen-bond acceptors (Lipinski definition) is 3. The van der Waals surface area contributed by atoms with Gasteiger partial charge >= 0.3 is 0 Å². The molecule has 3 heteroatoms. The van der Waals surface area contributed by atoms with Crippen molar-refractivity contribution in [2.24, 2.45) is 0 Å². The lowest BCUT2D eigenvalue weighted by Gasteiger charge is -2.08. The van der Waals surface area contributed by atoms with Gasteiger partial charge in [0, 0.05) is 11.4 Å². The lowest BCUT2D eigenvalue weighted by Crippen LogP contribution is -2.21. The minimum Gasteiger partial charge on any atom is -0.386 e. The second-order valence-corrected chi connectivity index (χ2v) is 3.71. The smallest absolute Gasteiger partial charge is 0.101 e. The molecule has 2 nitrogen and oxygen atoms in total. The molecule has 0 saturated carbocycles. The van der Waals surface area contributed by atoms with Gasteiger partial charge in [-0.15, -0.1) is 11.3 Å². The Morgan fingerprint density at radius 1 is 1.67 bits per heavy atom. The van der Waals surface area contributed by atoms with Crippen molar-refractivity contribution in [2.75, 3.05) is 13.1 Å². The van der Waals surface area contributed by atoms with Crippen LogP contribution in [-0.2, 0) is 0 Å². The molecule has 1 aromatic heterocycles. The Hall–Kier alpha value is -0.380. The number of aliphatic hydroxyl groups excluding tert-OH is 1. The molecule has 12 heavy (non-hydrogen) atoms. The van der Waals surface area contributed by atoms with Crippen LogP contribution in [0.25, 0.3) is 0 Å². The summed E-state index contributed by atoms with van der Waals surface area (Å²) in [6.07, 6.45) is 0.772. The number of hydrogen-bond donors (Lipinski definition) is 2. The molecule has 0 amide bonds. The molecule has 1 heterocycles. The van der Waals surface area contributed by atoms with Crippen molar-refractivity contribution in [3.05, 3.63) is 22.4 Å². The van der Waals surface area contributed by atoms with Crippen molar-refractivity contribution in [1.82, 2.24) is 5.32 Å². The number of nitrogens with one attached hydrogen (secondary N) is 1. The molecule has 2 N–H and O–H groups in total. The van der Waals surface area contributed by atoms with E-state index in [9.17, 15) is 5.11 Å². The molecule has 0 aliphatic heterocycles. The minimum atomic E-state index is -0.337. The van der Waals surface area contributed by atoms with Crippen LogP contribution in [0.3, 0.4) is 0 Å². The van der Waals surface area contributed by atoms with Crippen LogP contribution < -0.4 is 5.32 Å². The average molecular weight is 185 g/mol. The first-order valence-corrected chi connectivity index (χ1v) is 5.14. The van der Waals surface area contributed by atoms with Gasteiger partial charge in [0.05, 0.1) is 0 Å². The van der Waals surface area contributed by atoms with Crippen LogP contribution in [0, 0.1) is 0 Å². The highest BCUT2D eigenvalue weighted by atomic mass is 32.1. The summed E-state index contributed by atoms with van der Waals surface area (Å²) < 4.78 is 0. The highest BCUT2D eigenvalue weighted by molar-refractivity contribution is 7.10. The van der Waals surface area contributed by atoms with Crippen LogP contribution in [0.5, 0.6) is 0 Å². The maximum absolute atomic E-state index is 9.58. The molecule has 1 atom stereocenters. The van der Waals surface area contributed by atoms with E-state index in [1.807, 2.05) is 17.5 Å². The summed E-state index contributed by atoms with van der Waals surface area (Å²) >= 11 is 1.60. The fraction of sp³-hybridized carbons (Fsp3) is 0.556. The zero-order chi connectivity index (χ0) is 8.81. The number of aliphatic hydroxyl groups is 1. The summed E-state index contributed by atoms with van der Waals surface area (Å²) in [5.74, 6) is 0. The van der Waals surface area contributed by atoms with Crippen molar-refractivity contribution >= 4 is 11.3 Å². The quantitative estimate of drug-likeness (QED) is 0.685. The van der Waals surface area contributed by atoms with Gasteiger partial charge in [0.15, 0.2) is 0 Å². The van der Waals surface area contributed by atoms with Gasteiger partial charge in [-0.1, -0.05) is 13.0 Å². The van der Waals surface area contributed by atoms with Gasteiger partial charge < -0.3 is 10.4 Å². The summed E-state index contributed by atoms with van der Waals surface area (Å²) in [6, 6.07) is 3.92. The van der Waals surface area contributed by atoms with Gasteiger partial charge in [0.1, 0.15) is 6.10 Å². The van der Waals surface area contributed by atoms with Gasteiger partial charge in [-0.25, -0.2) is 0 Å². The number of rotatable bonds is 5. The first-order chi connectivity index (χ1) is 5.84. The molecule has 0 bridgehead atoms. The first-order valence-electron chi connectivity index (χ1n) is 4.26. The predicted octanol–water partition coefficient (Wildman–Crippen LogP) is 1.78. The molecule has 68 valence electrons. The summed E-state index contributed by atoms with van der Waals surface area (Å²) in [5, 5.41) is 14.7. The van der Waals surface area contributed by atoms with E-state index in [0.29, 0.717) is 6.54 Å². The molecule has 1 rings (SSSR count). The van der Waals surface area contributed by atoms with Crippen LogP contribution in [0.1, 0.15) is 24.3 Å².